The minimum absolute atomic E-state index is 0.0543. The summed E-state index contributed by atoms with van der Waals surface area (Å²) in [6, 6.07) is 15.5. The molecule has 22 heavy (non-hydrogen) atoms. The Balaban J connectivity index is 2.32. The zero-order chi connectivity index (χ0) is 15.5. The summed E-state index contributed by atoms with van der Waals surface area (Å²) < 4.78 is 2.45. The van der Waals surface area contributed by atoms with E-state index in [9.17, 15) is 0 Å². The minimum atomic E-state index is 0.0543. The molecule has 0 saturated heterocycles. The maximum absolute atomic E-state index is 2.45. The molecule has 0 atom stereocenters. The molecular weight excluding hydrogens is 266 g/mol. The van der Waals surface area contributed by atoms with Crippen LogP contribution < -0.4 is 0 Å². The number of para-hydroxylation sites is 2. The molecule has 0 spiro atoms. The molecule has 4 rings (SSSR count). The second-order valence-electron chi connectivity index (χ2n) is 6.69. The first-order valence-corrected chi connectivity index (χ1v) is 7.94. The third-order valence-electron chi connectivity index (χ3n) is 5.26. The number of nitrogens with zero attached hydrogens (tertiary/aromatic N) is 1. The van der Waals surface area contributed by atoms with Gasteiger partial charge in [0.2, 0.25) is 0 Å². The molecule has 1 nitrogen and oxygen atoms in total. The molecule has 3 aromatic rings. The van der Waals surface area contributed by atoms with Crippen LogP contribution in [0.4, 0.5) is 0 Å². The highest BCUT2D eigenvalue weighted by Gasteiger charge is 2.33. The molecular formula is C21H21N. The molecule has 1 heteroatoms. The van der Waals surface area contributed by atoms with E-state index in [1.807, 2.05) is 0 Å². The van der Waals surface area contributed by atoms with Gasteiger partial charge in [0, 0.05) is 21.9 Å². The number of fused-ring (bicyclic) bond motifs is 3. The fourth-order valence-electron chi connectivity index (χ4n) is 3.82. The van der Waals surface area contributed by atoms with Crippen LogP contribution in [0.15, 0.2) is 60.2 Å². The number of aromatic nitrogens is 1. The lowest BCUT2D eigenvalue weighted by Gasteiger charge is -2.34. The number of rotatable bonds is 1. The second-order valence-corrected chi connectivity index (χ2v) is 6.69. The highest BCUT2D eigenvalue weighted by molar-refractivity contribution is 6.12. The van der Waals surface area contributed by atoms with Crippen LogP contribution in [0.5, 0.6) is 0 Å². The van der Waals surface area contributed by atoms with Crippen LogP contribution in [-0.2, 0) is 5.41 Å². The quantitative estimate of drug-likeness (QED) is 0.525. The van der Waals surface area contributed by atoms with E-state index in [0.717, 1.165) is 0 Å². The third kappa shape index (κ3) is 1.49. The number of benzene rings is 2. The summed E-state index contributed by atoms with van der Waals surface area (Å²) >= 11 is 0. The maximum atomic E-state index is 2.45. The normalized spacial score (nSPS) is 17.1. The van der Waals surface area contributed by atoms with Crippen molar-refractivity contribution in [1.82, 2.24) is 4.57 Å². The Kier molecular flexibility index (Phi) is 2.65. The van der Waals surface area contributed by atoms with Crippen LogP contribution in [0.3, 0.4) is 0 Å². The van der Waals surface area contributed by atoms with Crippen molar-refractivity contribution in [2.75, 3.05) is 0 Å². The van der Waals surface area contributed by atoms with E-state index < -0.39 is 0 Å². The van der Waals surface area contributed by atoms with Gasteiger partial charge in [-0.1, -0.05) is 56.3 Å². The summed E-state index contributed by atoms with van der Waals surface area (Å²) in [6.45, 7) is 9.03. The van der Waals surface area contributed by atoms with Gasteiger partial charge in [0.25, 0.3) is 0 Å². The van der Waals surface area contributed by atoms with Gasteiger partial charge in [0.1, 0.15) is 0 Å². The van der Waals surface area contributed by atoms with Gasteiger partial charge in [0.15, 0.2) is 0 Å². The Morgan fingerprint density at radius 1 is 0.955 bits per heavy atom. The molecule has 0 N–H and O–H groups in total. The van der Waals surface area contributed by atoms with E-state index in [-0.39, 0.29) is 5.41 Å². The molecule has 1 aliphatic heterocycles. The minimum Gasteiger partial charge on any atom is -0.309 e. The van der Waals surface area contributed by atoms with Crippen molar-refractivity contribution in [3.8, 4) is 0 Å². The molecule has 0 amide bonds. The summed E-state index contributed by atoms with van der Waals surface area (Å²) in [4.78, 5) is 0. The van der Waals surface area contributed by atoms with Gasteiger partial charge in [-0.2, -0.15) is 0 Å². The van der Waals surface area contributed by atoms with Crippen LogP contribution in [0.25, 0.3) is 27.5 Å². The molecule has 1 aromatic heterocycles. The fraction of sp³-hybridized carbons (Fsp3) is 0.238. The second kappa shape index (κ2) is 4.36. The Bertz CT molecular complexity index is 964. The van der Waals surface area contributed by atoms with Crippen LogP contribution >= 0.6 is 0 Å². The first kappa shape index (κ1) is 13.4. The van der Waals surface area contributed by atoms with Gasteiger partial charge in [-0.05, 0) is 37.1 Å². The van der Waals surface area contributed by atoms with Gasteiger partial charge in [0.05, 0.1) is 11.0 Å². The van der Waals surface area contributed by atoms with Crippen molar-refractivity contribution in [2.45, 2.75) is 33.1 Å². The zero-order valence-electron chi connectivity index (χ0n) is 13.6. The Morgan fingerprint density at radius 3 is 2.45 bits per heavy atom. The van der Waals surface area contributed by atoms with Crippen LogP contribution in [0.1, 0.15) is 33.3 Å². The van der Waals surface area contributed by atoms with E-state index in [2.05, 4.69) is 86.9 Å². The molecule has 2 heterocycles. The highest BCUT2D eigenvalue weighted by Crippen LogP contribution is 2.46. The topological polar surface area (TPSA) is 4.93 Å². The molecule has 0 saturated carbocycles. The van der Waals surface area contributed by atoms with Crippen molar-refractivity contribution in [2.24, 2.45) is 0 Å². The lowest BCUT2D eigenvalue weighted by atomic mass is 9.75. The van der Waals surface area contributed by atoms with Crippen molar-refractivity contribution >= 4 is 27.5 Å². The molecule has 1 aliphatic rings. The number of allylic oxidation sites excluding steroid dienone is 4. The SMILES string of the molecule is C/C=C\C1=C(C)C(C)(C)c2cccc3c4ccccc4n1c23. The standard InChI is InChI=1S/C21H21N/c1-5-9-18-14(2)21(3,4)17-12-8-11-16-15-10-6-7-13-19(15)22(18)20(16)17/h5-13H,1-4H3/b9-5-. The van der Waals surface area contributed by atoms with Crippen molar-refractivity contribution in [3.63, 3.8) is 0 Å². The maximum Gasteiger partial charge on any atom is 0.0581 e. The van der Waals surface area contributed by atoms with E-state index in [0.29, 0.717) is 0 Å². The summed E-state index contributed by atoms with van der Waals surface area (Å²) in [5.41, 5.74) is 6.88. The summed E-state index contributed by atoms with van der Waals surface area (Å²) in [5.74, 6) is 0. The van der Waals surface area contributed by atoms with E-state index in [1.54, 1.807) is 0 Å². The monoisotopic (exact) mass is 287 g/mol. The molecule has 0 radical (unpaired) electrons. The lowest BCUT2D eigenvalue weighted by molar-refractivity contribution is 0.619. The van der Waals surface area contributed by atoms with E-state index in [4.69, 9.17) is 0 Å². The van der Waals surface area contributed by atoms with Gasteiger partial charge in [-0.15, -0.1) is 0 Å². The third-order valence-corrected chi connectivity index (χ3v) is 5.26. The molecule has 0 unspecified atom stereocenters. The van der Waals surface area contributed by atoms with Crippen LogP contribution in [0.2, 0.25) is 0 Å². The predicted octanol–water partition coefficient (Wildman–Crippen LogP) is 5.89. The Labute approximate surface area is 131 Å². The summed E-state index contributed by atoms with van der Waals surface area (Å²) in [6.07, 6.45) is 4.39. The molecule has 110 valence electrons. The van der Waals surface area contributed by atoms with Crippen molar-refractivity contribution in [3.05, 3.63) is 65.8 Å². The smallest absolute Gasteiger partial charge is 0.0581 e. The molecule has 0 aliphatic carbocycles. The van der Waals surface area contributed by atoms with Gasteiger partial charge in [-0.3, -0.25) is 0 Å². The number of hydrogen-bond acceptors (Lipinski definition) is 0. The molecule has 2 aromatic carbocycles. The number of hydrogen-bond donors (Lipinski definition) is 0. The Hall–Kier alpha value is -2.28. The van der Waals surface area contributed by atoms with Gasteiger partial charge >= 0.3 is 0 Å². The lowest BCUT2D eigenvalue weighted by Crippen LogP contribution is -2.25. The van der Waals surface area contributed by atoms with E-state index in [1.165, 1.54) is 38.6 Å². The Morgan fingerprint density at radius 2 is 1.68 bits per heavy atom. The predicted molar refractivity (Wildman–Crippen MR) is 96.2 cm³/mol. The van der Waals surface area contributed by atoms with Gasteiger partial charge in [-0.25, -0.2) is 0 Å². The summed E-state index contributed by atoms with van der Waals surface area (Å²) in [5, 5.41) is 2.70. The first-order valence-electron chi connectivity index (χ1n) is 7.94. The average molecular weight is 287 g/mol. The van der Waals surface area contributed by atoms with Crippen molar-refractivity contribution < 1.29 is 0 Å². The molecule has 0 fully saturated rings. The fourth-order valence-corrected chi connectivity index (χ4v) is 3.82. The average Bonchev–Trinajstić information content (AvgIpc) is 2.85. The largest absolute Gasteiger partial charge is 0.309 e. The zero-order valence-corrected chi connectivity index (χ0v) is 13.6. The van der Waals surface area contributed by atoms with Crippen molar-refractivity contribution in [1.29, 1.82) is 0 Å². The highest BCUT2D eigenvalue weighted by atomic mass is 15.0. The molecule has 0 bridgehead atoms. The van der Waals surface area contributed by atoms with E-state index >= 15 is 0 Å². The summed E-state index contributed by atoms with van der Waals surface area (Å²) in [7, 11) is 0. The van der Waals surface area contributed by atoms with Crippen LogP contribution in [-0.4, -0.2) is 4.57 Å². The van der Waals surface area contributed by atoms with Gasteiger partial charge < -0.3 is 4.57 Å². The van der Waals surface area contributed by atoms with Crippen LogP contribution in [0, 0.1) is 0 Å². The first-order chi connectivity index (χ1) is 10.6.